The van der Waals surface area contributed by atoms with Gasteiger partial charge in [0.25, 0.3) is 0 Å². The molecule has 2 rings (SSSR count). The van der Waals surface area contributed by atoms with Crippen LogP contribution in [0.2, 0.25) is 0 Å². The van der Waals surface area contributed by atoms with E-state index in [1.54, 1.807) is 4.68 Å². The maximum absolute atomic E-state index is 4.57. The molecule has 0 aliphatic carbocycles. The summed E-state index contributed by atoms with van der Waals surface area (Å²) in [6.07, 6.45) is 1.93. The summed E-state index contributed by atoms with van der Waals surface area (Å²) in [5.74, 6) is 1.58. The lowest BCUT2D eigenvalue weighted by Gasteiger charge is -2.07. The van der Waals surface area contributed by atoms with Crippen molar-refractivity contribution in [1.29, 1.82) is 0 Å². The first-order valence-electron chi connectivity index (χ1n) is 6.71. The largest absolute Gasteiger partial charge is 0.350 e. The number of hydrogen-bond acceptors (Lipinski definition) is 4. The molecule has 0 aromatic carbocycles. The van der Waals surface area contributed by atoms with Crippen molar-refractivity contribution in [2.45, 2.75) is 40.2 Å². The summed E-state index contributed by atoms with van der Waals surface area (Å²) in [5, 5.41) is 12.2. The quantitative estimate of drug-likeness (QED) is 0.889. The highest BCUT2D eigenvalue weighted by atomic mass is 15.4. The van der Waals surface area contributed by atoms with Gasteiger partial charge >= 0.3 is 0 Å². The Balaban J connectivity index is 2.21. The minimum absolute atomic E-state index is 0.742. The molecule has 0 saturated carbocycles. The molecule has 6 heteroatoms. The van der Waals surface area contributed by atoms with Crippen LogP contribution in [0.3, 0.4) is 0 Å². The summed E-state index contributed by atoms with van der Waals surface area (Å²) in [7, 11) is 3.90. The fraction of sp³-hybridized carbons (Fsp3) is 0.615. The first-order valence-corrected chi connectivity index (χ1v) is 6.71. The van der Waals surface area contributed by atoms with Gasteiger partial charge in [0.1, 0.15) is 5.82 Å². The van der Waals surface area contributed by atoms with E-state index in [4.69, 9.17) is 0 Å². The van der Waals surface area contributed by atoms with E-state index in [-0.39, 0.29) is 0 Å². The summed E-state index contributed by atoms with van der Waals surface area (Å²) >= 11 is 0. The van der Waals surface area contributed by atoms with Crippen molar-refractivity contribution in [3.8, 4) is 0 Å². The Bertz CT molecular complexity index is 566. The third-order valence-electron chi connectivity index (χ3n) is 3.32. The summed E-state index contributed by atoms with van der Waals surface area (Å²) in [6, 6.07) is 0. The lowest BCUT2D eigenvalue weighted by atomic mass is 10.1. The van der Waals surface area contributed by atoms with Crippen LogP contribution < -0.4 is 5.32 Å². The molecule has 2 heterocycles. The highest BCUT2D eigenvalue weighted by Gasteiger charge is 2.14. The molecular formula is C13H22N6. The topological polar surface area (TPSA) is 60.6 Å². The van der Waals surface area contributed by atoms with Gasteiger partial charge in [0, 0.05) is 31.9 Å². The molecule has 0 aliphatic heterocycles. The van der Waals surface area contributed by atoms with E-state index in [9.17, 15) is 0 Å². The molecule has 0 spiro atoms. The van der Waals surface area contributed by atoms with E-state index < -0.39 is 0 Å². The fourth-order valence-corrected chi connectivity index (χ4v) is 2.43. The van der Waals surface area contributed by atoms with Crippen LogP contribution in [-0.4, -0.2) is 24.5 Å². The van der Waals surface area contributed by atoms with Crippen molar-refractivity contribution in [3.05, 3.63) is 22.8 Å². The molecule has 0 bridgehead atoms. The number of nitrogens with zero attached hydrogens (tertiary/aromatic N) is 5. The molecule has 0 fully saturated rings. The molecule has 104 valence electrons. The van der Waals surface area contributed by atoms with Gasteiger partial charge in [0.15, 0.2) is 0 Å². The summed E-state index contributed by atoms with van der Waals surface area (Å²) in [5.41, 5.74) is 3.72. The van der Waals surface area contributed by atoms with Crippen LogP contribution in [-0.2, 0) is 33.5 Å². The van der Waals surface area contributed by atoms with E-state index in [2.05, 4.69) is 34.3 Å². The van der Waals surface area contributed by atoms with Gasteiger partial charge in [-0.3, -0.25) is 4.68 Å². The molecular weight excluding hydrogens is 240 g/mol. The van der Waals surface area contributed by atoms with Crippen molar-refractivity contribution >= 4 is 5.95 Å². The lowest BCUT2D eigenvalue weighted by molar-refractivity contribution is 0.703. The lowest BCUT2D eigenvalue weighted by Crippen LogP contribution is -2.08. The van der Waals surface area contributed by atoms with Crippen LogP contribution in [0.1, 0.15) is 36.6 Å². The zero-order valence-corrected chi connectivity index (χ0v) is 12.4. The highest BCUT2D eigenvalue weighted by Crippen LogP contribution is 2.17. The zero-order chi connectivity index (χ0) is 14.0. The van der Waals surface area contributed by atoms with E-state index in [0.29, 0.717) is 0 Å². The van der Waals surface area contributed by atoms with Gasteiger partial charge in [0.2, 0.25) is 5.95 Å². The van der Waals surface area contributed by atoms with Gasteiger partial charge in [-0.05, 0) is 19.8 Å². The van der Waals surface area contributed by atoms with E-state index in [0.717, 1.165) is 36.9 Å². The van der Waals surface area contributed by atoms with Crippen molar-refractivity contribution in [3.63, 3.8) is 0 Å². The molecule has 0 amide bonds. The summed E-state index contributed by atoms with van der Waals surface area (Å²) in [4.78, 5) is 4.36. The predicted octanol–water partition coefficient (Wildman–Crippen LogP) is 1.59. The molecule has 0 atom stereocenters. The Morgan fingerprint density at radius 2 is 1.79 bits per heavy atom. The third-order valence-corrected chi connectivity index (χ3v) is 3.32. The highest BCUT2D eigenvalue weighted by molar-refractivity contribution is 5.33. The Hall–Kier alpha value is -1.85. The molecule has 0 unspecified atom stereocenters. The Labute approximate surface area is 113 Å². The van der Waals surface area contributed by atoms with Crippen LogP contribution in [0.25, 0.3) is 0 Å². The molecule has 2 aromatic heterocycles. The maximum Gasteiger partial charge on any atom is 0.221 e. The van der Waals surface area contributed by atoms with Gasteiger partial charge in [-0.25, -0.2) is 4.68 Å². The normalized spacial score (nSPS) is 11.0. The standard InChI is InChI=1S/C13H22N6/c1-6-11-10(12(7-2)18(4)17-11)8-14-13-15-9(3)16-19(13)5/h6-8H2,1-5H3,(H,14,15,16). The zero-order valence-electron chi connectivity index (χ0n) is 12.4. The van der Waals surface area contributed by atoms with Gasteiger partial charge in [0.05, 0.1) is 5.69 Å². The fourth-order valence-electron chi connectivity index (χ4n) is 2.43. The minimum atomic E-state index is 0.742. The summed E-state index contributed by atoms with van der Waals surface area (Å²) in [6.45, 7) is 6.93. The van der Waals surface area contributed by atoms with Crippen LogP contribution in [0.15, 0.2) is 0 Å². The molecule has 0 saturated heterocycles. The van der Waals surface area contributed by atoms with Crippen molar-refractivity contribution in [2.75, 3.05) is 5.32 Å². The molecule has 0 aliphatic rings. The van der Waals surface area contributed by atoms with Crippen LogP contribution >= 0.6 is 0 Å². The number of anilines is 1. The number of aryl methyl sites for hydroxylation is 4. The van der Waals surface area contributed by atoms with Gasteiger partial charge < -0.3 is 5.32 Å². The average molecular weight is 262 g/mol. The SMILES string of the molecule is CCc1nn(C)c(CC)c1CNc1nc(C)nn1C. The molecule has 0 radical (unpaired) electrons. The summed E-state index contributed by atoms with van der Waals surface area (Å²) < 4.78 is 3.75. The van der Waals surface area contributed by atoms with E-state index in [1.165, 1.54) is 11.3 Å². The maximum atomic E-state index is 4.57. The van der Waals surface area contributed by atoms with Gasteiger partial charge in [-0.15, -0.1) is 0 Å². The second kappa shape index (κ2) is 5.42. The first kappa shape index (κ1) is 13.6. The number of nitrogens with one attached hydrogen (secondary N) is 1. The average Bonchev–Trinajstić information content (AvgIpc) is 2.85. The van der Waals surface area contributed by atoms with Gasteiger partial charge in [-0.2, -0.15) is 15.2 Å². The Kier molecular flexibility index (Phi) is 3.87. The van der Waals surface area contributed by atoms with E-state index >= 15 is 0 Å². The predicted molar refractivity (Wildman–Crippen MR) is 75.0 cm³/mol. The third kappa shape index (κ3) is 2.62. The second-order valence-electron chi connectivity index (χ2n) is 4.66. The van der Waals surface area contributed by atoms with Crippen LogP contribution in [0.4, 0.5) is 5.95 Å². The van der Waals surface area contributed by atoms with Crippen molar-refractivity contribution in [1.82, 2.24) is 24.5 Å². The number of rotatable bonds is 5. The van der Waals surface area contributed by atoms with Crippen molar-refractivity contribution < 1.29 is 0 Å². The first-order chi connectivity index (χ1) is 9.06. The molecule has 6 nitrogen and oxygen atoms in total. The Morgan fingerprint density at radius 1 is 1.05 bits per heavy atom. The van der Waals surface area contributed by atoms with Crippen LogP contribution in [0.5, 0.6) is 0 Å². The minimum Gasteiger partial charge on any atom is -0.350 e. The number of aromatic nitrogens is 5. The second-order valence-corrected chi connectivity index (χ2v) is 4.66. The monoisotopic (exact) mass is 262 g/mol. The van der Waals surface area contributed by atoms with Crippen molar-refractivity contribution in [2.24, 2.45) is 14.1 Å². The number of hydrogen-bond donors (Lipinski definition) is 1. The smallest absolute Gasteiger partial charge is 0.221 e. The van der Waals surface area contributed by atoms with E-state index in [1.807, 2.05) is 25.7 Å². The molecule has 19 heavy (non-hydrogen) atoms. The molecule has 1 N–H and O–H groups in total. The van der Waals surface area contributed by atoms with Gasteiger partial charge in [-0.1, -0.05) is 13.8 Å². The Morgan fingerprint density at radius 3 is 2.32 bits per heavy atom. The van der Waals surface area contributed by atoms with Crippen LogP contribution in [0, 0.1) is 6.92 Å². The molecule has 2 aromatic rings.